The van der Waals surface area contributed by atoms with Crippen molar-refractivity contribution < 1.29 is 9.90 Å². The minimum atomic E-state index is -0.769. The van der Waals surface area contributed by atoms with E-state index in [1.807, 2.05) is 0 Å². The van der Waals surface area contributed by atoms with E-state index in [0.29, 0.717) is 37.5 Å². The minimum absolute atomic E-state index is 0.0651. The van der Waals surface area contributed by atoms with Gasteiger partial charge in [-0.25, -0.2) is 9.97 Å². The van der Waals surface area contributed by atoms with Crippen molar-refractivity contribution in [2.75, 3.05) is 32.7 Å². The van der Waals surface area contributed by atoms with Gasteiger partial charge in [-0.3, -0.25) is 4.79 Å². The lowest BCUT2D eigenvalue weighted by atomic mass is 10.0. The number of rotatable bonds is 4. The molecular formula is C17H24N4O2. The average molecular weight is 316 g/mol. The Labute approximate surface area is 136 Å². The first kappa shape index (κ1) is 15.0. The lowest BCUT2D eigenvalue weighted by Gasteiger charge is -2.28. The second-order valence-electron chi connectivity index (χ2n) is 7.29. The molecule has 4 rings (SSSR count). The second kappa shape index (κ2) is 5.83. The molecular weight excluding hydrogens is 292 g/mol. The summed E-state index contributed by atoms with van der Waals surface area (Å²) in [6.45, 7) is 3.81. The SMILES string of the molecule is O=C(c1cnc(C2CC2)nc1)N1CC[C@@](O)(CN2CCCC2)C1. The van der Waals surface area contributed by atoms with E-state index in [0.717, 1.165) is 31.8 Å². The predicted octanol–water partition coefficient (Wildman–Crippen LogP) is 1.03. The first-order chi connectivity index (χ1) is 11.1. The Morgan fingerprint density at radius 3 is 2.57 bits per heavy atom. The number of likely N-dealkylation sites (tertiary alicyclic amines) is 2. The summed E-state index contributed by atoms with van der Waals surface area (Å²) in [7, 11) is 0. The standard InChI is InChI=1S/C17H24N4O2/c22-16(14-9-18-15(19-10-14)13-3-4-13)21-8-5-17(23,12-21)11-20-6-1-2-7-20/h9-10,13,23H,1-8,11-12H2/t17-/m1/s1. The molecule has 0 unspecified atom stereocenters. The number of hydrogen-bond acceptors (Lipinski definition) is 5. The van der Waals surface area contributed by atoms with Gasteiger partial charge in [-0.05, 0) is 45.2 Å². The van der Waals surface area contributed by atoms with Crippen molar-refractivity contribution in [3.63, 3.8) is 0 Å². The first-order valence-electron chi connectivity index (χ1n) is 8.69. The van der Waals surface area contributed by atoms with Gasteiger partial charge in [-0.2, -0.15) is 0 Å². The fourth-order valence-electron chi connectivity index (χ4n) is 3.70. The Kier molecular flexibility index (Phi) is 3.81. The van der Waals surface area contributed by atoms with Crippen LogP contribution in [0.2, 0.25) is 0 Å². The van der Waals surface area contributed by atoms with Crippen LogP contribution in [0, 0.1) is 0 Å². The van der Waals surface area contributed by atoms with Crippen LogP contribution >= 0.6 is 0 Å². The van der Waals surface area contributed by atoms with Crippen LogP contribution in [0.5, 0.6) is 0 Å². The molecule has 1 aromatic rings. The van der Waals surface area contributed by atoms with Crippen LogP contribution < -0.4 is 0 Å². The third-order valence-corrected chi connectivity index (χ3v) is 5.20. The Morgan fingerprint density at radius 2 is 1.91 bits per heavy atom. The maximum Gasteiger partial charge on any atom is 0.257 e. The summed E-state index contributed by atoms with van der Waals surface area (Å²) in [6, 6.07) is 0. The van der Waals surface area contributed by atoms with E-state index in [9.17, 15) is 9.90 Å². The molecule has 1 N–H and O–H groups in total. The van der Waals surface area contributed by atoms with Gasteiger partial charge in [-0.15, -0.1) is 0 Å². The zero-order chi connectivity index (χ0) is 15.9. The average Bonchev–Trinajstić information content (AvgIpc) is 3.16. The van der Waals surface area contributed by atoms with Crippen molar-refractivity contribution in [2.24, 2.45) is 0 Å². The van der Waals surface area contributed by atoms with Gasteiger partial charge < -0.3 is 14.9 Å². The molecule has 3 heterocycles. The van der Waals surface area contributed by atoms with Gasteiger partial charge in [0.05, 0.1) is 17.7 Å². The molecule has 1 saturated carbocycles. The molecule has 0 bridgehead atoms. The highest BCUT2D eigenvalue weighted by Gasteiger charge is 2.40. The van der Waals surface area contributed by atoms with E-state index in [1.165, 1.54) is 12.8 Å². The van der Waals surface area contributed by atoms with E-state index in [4.69, 9.17) is 0 Å². The highest BCUT2D eigenvalue weighted by atomic mass is 16.3. The molecule has 1 amide bonds. The van der Waals surface area contributed by atoms with Gasteiger partial charge in [-0.1, -0.05) is 0 Å². The fraction of sp³-hybridized carbons (Fsp3) is 0.706. The summed E-state index contributed by atoms with van der Waals surface area (Å²) in [4.78, 5) is 25.3. The molecule has 124 valence electrons. The molecule has 6 heteroatoms. The third-order valence-electron chi connectivity index (χ3n) is 5.20. The number of carbonyl (C=O) groups is 1. The molecule has 6 nitrogen and oxygen atoms in total. The topological polar surface area (TPSA) is 69.6 Å². The van der Waals surface area contributed by atoms with E-state index >= 15 is 0 Å². The lowest BCUT2D eigenvalue weighted by molar-refractivity contribution is 0.0175. The predicted molar refractivity (Wildman–Crippen MR) is 85.2 cm³/mol. The highest BCUT2D eigenvalue weighted by molar-refractivity contribution is 5.93. The Hall–Kier alpha value is -1.53. The van der Waals surface area contributed by atoms with Crippen LogP contribution in [-0.4, -0.2) is 69.1 Å². The van der Waals surface area contributed by atoms with E-state index in [1.54, 1.807) is 17.3 Å². The van der Waals surface area contributed by atoms with Crippen LogP contribution in [0.25, 0.3) is 0 Å². The number of nitrogens with zero attached hydrogens (tertiary/aromatic N) is 4. The normalized spacial score (nSPS) is 28.5. The number of aromatic nitrogens is 2. The van der Waals surface area contributed by atoms with Crippen molar-refractivity contribution in [1.29, 1.82) is 0 Å². The van der Waals surface area contributed by atoms with E-state index in [-0.39, 0.29) is 5.91 Å². The maximum absolute atomic E-state index is 12.6. The molecule has 1 atom stereocenters. The lowest BCUT2D eigenvalue weighted by Crippen LogP contribution is -2.45. The Bertz CT molecular complexity index is 581. The van der Waals surface area contributed by atoms with Gasteiger partial charge in [0.25, 0.3) is 5.91 Å². The summed E-state index contributed by atoms with van der Waals surface area (Å²) in [6.07, 6.45) is 8.66. The number of hydrogen-bond donors (Lipinski definition) is 1. The summed E-state index contributed by atoms with van der Waals surface area (Å²) in [5.41, 5.74) is -0.241. The number of aliphatic hydroxyl groups is 1. The molecule has 23 heavy (non-hydrogen) atoms. The van der Waals surface area contributed by atoms with E-state index < -0.39 is 5.60 Å². The smallest absolute Gasteiger partial charge is 0.257 e. The van der Waals surface area contributed by atoms with Crippen molar-refractivity contribution in [2.45, 2.75) is 43.6 Å². The number of carbonyl (C=O) groups excluding carboxylic acids is 1. The van der Waals surface area contributed by atoms with Crippen LogP contribution in [-0.2, 0) is 0 Å². The second-order valence-corrected chi connectivity index (χ2v) is 7.29. The first-order valence-corrected chi connectivity index (χ1v) is 8.69. The van der Waals surface area contributed by atoms with Crippen LogP contribution in [0.1, 0.15) is 54.2 Å². The van der Waals surface area contributed by atoms with Gasteiger partial charge in [0, 0.05) is 31.4 Å². The molecule has 0 aromatic carbocycles. The molecule has 3 aliphatic rings. The van der Waals surface area contributed by atoms with Gasteiger partial charge in [0.2, 0.25) is 0 Å². The third kappa shape index (κ3) is 3.23. The highest BCUT2D eigenvalue weighted by Crippen LogP contribution is 2.37. The van der Waals surface area contributed by atoms with Crippen molar-refractivity contribution in [3.05, 3.63) is 23.8 Å². The molecule has 1 aliphatic carbocycles. The van der Waals surface area contributed by atoms with Crippen molar-refractivity contribution >= 4 is 5.91 Å². The summed E-state index contributed by atoms with van der Waals surface area (Å²) in [5, 5.41) is 10.8. The Balaban J connectivity index is 1.38. The van der Waals surface area contributed by atoms with Crippen molar-refractivity contribution in [1.82, 2.24) is 19.8 Å². The van der Waals surface area contributed by atoms with E-state index in [2.05, 4.69) is 14.9 Å². The molecule has 2 aliphatic heterocycles. The molecule has 2 saturated heterocycles. The summed E-state index contributed by atoms with van der Waals surface area (Å²) >= 11 is 0. The van der Waals surface area contributed by atoms with Gasteiger partial charge in [0.15, 0.2) is 0 Å². The number of β-amino-alcohol motifs (C(OH)–C–C–N with tert-alkyl or cyclic N) is 1. The zero-order valence-electron chi connectivity index (χ0n) is 13.4. The Morgan fingerprint density at radius 1 is 1.22 bits per heavy atom. The quantitative estimate of drug-likeness (QED) is 0.898. The minimum Gasteiger partial charge on any atom is -0.387 e. The fourth-order valence-corrected chi connectivity index (χ4v) is 3.70. The van der Waals surface area contributed by atoms with Crippen LogP contribution in [0.4, 0.5) is 0 Å². The summed E-state index contributed by atoms with van der Waals surface area (Å²) < 4.78 is 0. The zero-order valence-corrected chi connectivity index (χ0v) is 13.4. The maximum atomic E-state index is 12.6. The molecule has 0 spiro atoms. The number of amides is 1. The van der Waals surface area contributed by atoms with Crippen molar-refractivity contribution in [3.8, 4) is 0 Å². The van der Waals surface area contributed by atoms with Crippen LogP contribution in [0.15, 0.2) is 12.4 Å². The molecule has 0 radical (unpaired) electrons. The monoisotopic (exact) mass is 316 g/mol. The molecule has 3 fully saturated rings. The summed E-state index contributed by atoms with van der Waals surface area (Å²) in [5.74, 6) is 1.29. The van der Waals surface area contributed by atoms with Gasteiger partial charge in [0.1, 0.15) is 5.82 Å². The largest absolute Gasteiger partial charge is 0.387 e. The van der Waals surface area contributed by atoms with Crippen LogP contribution in [0.3, 0.4) is 0 Å². The van der Waals surface area contributed by atoms with Gasteiger partial charge >= 0.3 is 0 Å². The molecule has 1 aromatic heterocycles.